The fourth-order valence-corrected chi connectivity index (χ4v) is 7.54. The van der Waals surface area contributed by atoms with Crippen molar-refractivity contribution >= 4 is 13.6 Å². The summed E-state index contributed by atoms with van der Waals surface area (Å²) in [6.07, 6.45) is 13.4. The molecule has 2 aromatic rings. The van der Waals surface area contributed by atoms with Gasteiger partial charge in [0.25, 0.3) is 5.56 Å². The van der Waals surface area contributed by atoms with Crippen molar-refractivity contribution in [2.75, 3.05) is 25.1 Å². The van der Waals surface area contributed by atoms with E-state index in [1.54, 1.807) is 4.98 Å². The van der Waals surface area contributed by atoms with Gasteiger partial charge in [-0.25, -0.2) is 14.2 Å². The number of aliphatic hydroxyl groups excluding tert-OH is 3. The molecule has 55 heavy (non-hydrogen) atoms. The van der Waals surface area contributed by atoms with Crippen molar-refractivity contribution in [2.24, 2.45) is 0 Å². The van der Waals surface area contributed by atoms with Crippen LogP contribution in [0.15, 0.2) is 45.0 Å². The third kappa shape index (κ3) is 13.8. The quantitative estimate of drug-likeness (QED) is 0.0476. The zero-order valence-corrected chi connectivity index (χ0v) is 32.3. The highest BCUT2D eigenvalue weighted by Gasteiger charge is 2.46. The molecule has 19 heteroatoms. The zero-order valence-electron chi connectivity index (χ0n) is 31.4. The van der Waals surface area contributed by atoms with Crippen molar-refractivity contribution in [3.63, 3.8) is 0 Å². The van der Waals surface area contributed by atoms with E-state index in [1.165, 1.54) is 76.5 Å². The molecule has 0 amide bonds. The van der Waals surface area contributed by atoms with Crippen molar-refractivity contribution in [3.05, 3.63) is 67.8 Å². The number of nitrogens with zero attached hydrogens (tertiary/aromatic N) is 3. The molecule has 2 aliphatic rings. The number of phosphoric ester groups is 1. The highest BCUT2D eigenvalue weighted by Crippen LogP contribution is 2.49. The predicted octanol–water partition coefficient (Wildman–Crippen LogP) is 3.78. The van der Waals surface area contributed by atoms with Crippen molar-refractivity contribution in [2.45, 2.75) is 146 Å². The monoisotopic (exact) mass is 801 g/mol. The van der Waals surface area contributed by atoms with E-state index in [1.807, 2.05) is 0 Å². The molecule has 8 atom stereocenters. The molecule has 0 bridgehead atoms. The van der Waals surface area contributed by atoms with E-state index in [4.69, 9.17) is 18.5 Å². The molecule has 4 rings (SSSR count). The van der Waals surface area contributed by atoms with Gasteiger partial charge in [0.2, 0.25) is 5.82 Å². The van der Waals surface area contributed by atoms with Gasteiger partial charge < -0.3 is 35.0 Å². The van der Waals surface area contributed by atoms with Crippen LogP contribution in [0.3, 0.4) is 0 Å². The van der Waals surface area contributed by atoms with E-state index in [9.17, 15) is 43.6 Å². The Balaban J connectivity index is 1.14. The number of hydrogen-bond acceptors (Lipinski definition) is 13. The van der Waals surface area contributed by atoms with Crippen LogP contribution in [0.1, 0.15) is 116 Å². The maximum absolute atomic E-state index is 13.8. The van der Waals surface area contributed by atoms with E-state index in [-0.39, 0.29) is 6.42 Å². The minimum Gasteiger partial charge on any atom is -0.394 e. The van der Waals surface area contributed by atoms with Gasteiger partial charge in [-0.15, -0.1) is 0 Å². The second-order valence-corrected chi connectivity index (χ2v) is 15.4. The van der Waals surface area contributed by atoms with Gasteiger partial charge >= 0.3 is 19.2 Å². The fourth-order valence-electron chi connectivity index (χ4n) is 6.58. The molecule has 4 heterocycles. The first kappa shape index (κ1) is 44.7. The molecule has 17 nitrogen and oxygen atoms in total. The van der Waals surface area contributed by atoms with Crippen LogP contribution >= 0.6 is 7.82 Å². The fraction of sp³-hybridized carbons (Fsp3) is 0.722. The van der Waals surface area contributed by atoms with Gasteiger partial charge in [0, 0.05) is 19.2 Å². The Morgan fingerprint density at radius 3 is 2.27 bits per heavy atom. The molecule has 2 fully saturated rings. The van der Waals surface area contributed by atoms with Crippen LogP contribution in [0, 0.1) is 5.82 Å². The number of hydrogen-bond donors (Lipinski definition) is 6. The minimum absolute atomic E-state index is 0.313. The highest BCUT2D eigenvalue weighted by molar-refractivity contribution is 7.47. The predicted molar refractivity (Wildman–Crippen MR) is 200 cm³/mol. The van der Waals surface area contributed by atoms with Crippen LogP contribution in [0.4, 0.5) is 10.2 Å². The molecule has 8 unspecified atom stereocenters. The van der Waals surface area contributed by atoms with Crippen LogP contribution in [0.25, 0.3) is 0 Å². The molecule has 0 aromatic carbocycles. The zero-order chi connectivity index (χ0) is 39.8. The maximum atomic E-state index is 13.8. The molecule has 0 radical (unpaired) electrons. The van der Waals surface area contributed by atoms with E-state index in [2.05, 4.69) is 29.4 Å². The largest absolute Gasteiger partial charge is 0.472 e. The number of allylic oxidation sites excluding steroid dienone is 2. The first-order valence-electron chi connectivity index (χ1n) is 19.4. The van der Waals surface area contributed by atoms with E-state index in [0.717, 1.165) is 30.3 Å². The smallest absolute Gasteiger partial charge is 0.394 e. The number of halogens is 1. The number of aromatic amines is 1. The normalized spacial score (nSPS) is 25.2. The Hall–Kier alpha value is -3.06. The van der Waals surface area contributed by atoms with E-state index >= 15 is 0 Å². The summed E-state index contributed by atoms with van der Waals surface area (Å²) >= 11 is 0. The Bertz CT molecular complexity index is 1720. The summed E-state index contributed by atoms with van der Waals surface area (Å²) in [5.74, 6) is -0.931. The van der Waals surface area contributed by atoms with Crippen molar-refractivity contribution in [1.29, 1.82) is 0 Å². The van der Waals surface area contributed by atoms with Gasteiger partial charge in [-0.05, 0) is 38.2 Å². The minimum atomic E-state index is -4.95. The standard InChI is InChI=1S/C36H57FN5O12P/c1-2-3-4-5-6-7-8-9-10-11-12-13-14-15-16-17-19-38-29-18-20-41(35(47)39-29)34-32(45)31(44)28(53-34)24-51-55(49,50)54-26-21-30(52-27(26)23-43)42-22-25(37)33(46)40-36(42)48/h9-10,18,20,22,26-28,30-32,34,43-45H,2-8,11-17,19,21,23-24H2,1H3,(H,49,50)(H,38,39,47)(H,40,46,48)/b10-9+. The number of anilines is 1. The SMILES string of the molecule is CCCCCCCC/C=C/CCCCCCCCNc1ccn(C2OC(COP(=O)(O)OC3CC(n4cc(F)c(=O)[nH]c4=O)OC3CO)C(O)C2O)c(=O)n1. The number of ether oxygens (including phenoxy) is 2. The van der Waals surface area contributed by atoms with Gasteiger partial charge in [-0.2, -0.15) is 9.37 Å². The average Bonchev–Trinajstić information content (AvgIpc) is 3.68. The number of unbranched alkanes of at least 4 members (excludes halogenated alkanes) is 12. The molecular weight excluding hydrogens is 744 g/mol. The van der Waals surface area contributed by atoms with Gasteiger partial charge in [0.05, 0.1) is 19.4 Å². The lowest BCUT2D eigenvalue weighted by Crippen LogP contribution is -2.36. The molecule has 2 aromatic heterocycles. The number of nitrogens with one attached hydrogen (secondary N) is 2. The third-order valence-corrected chi connectivity index (χ3v) is 10.7. The highest BCUT2D eigenvalue weighted by atomic mass is 31.2. The summed E-state index contributed by atoms with van der Waals surface area (Å²) < 4.78 is 49.5. The van der Waals surface area contributed by atoms with Crippen molar-refractivity contribution in [1.82, 2.24) is 19.1 Å². The average molecular weight is 802 g/mol. The lowest BCUT2D eigenvalue weighted by Gasteiger charge is -2.21. The van der Waals surface area contributed by atoms with E-state index in [0.29, 0.717) is 23.1 Å². The Morgan fingerprint density at radius 1 is 0.964 bits per heavy atom. The van der Waals surface area contributed by atoms with Crippen LogP contribution < -0.4 is 22.3 Å². The third-order valence-electron chi connectivity index (χ3n) is 9.70. The first-order chi connectivity index (χ1) is 26.4. The summed E-state index contributed by atoms with van der Waals surface area (Å²) in [6, 6.07) is 1.54. The second kappa shape index (κ2) is 22.6. The Kier molecular flexibility index (Phi) is 18.4. The van der Waals surface area contributed by atoms with Gasteiger partial charge in [0.15, 0.2) is 6.23 Å². The first-order valence-corrected chi connectivity index (χ1v) is 20.9. The van der Waals surface area contributed by atoms with Crippen molar-refractivity contribution in [3.8, 4) is 0 Å². The molecule has 310 valence electrons. The Labute approximate surface area is 319 Å². The molecule has 2 aliphatic heterocycles. The summed E-state index contributed by atoms with van der Waals surface area (Å²) in [7, 11) is -4.95. The van der Waals surface area contributed by atoms with Crippen molar-refractivity contribution < 1.29 is 47.7 Å². The van der Waals surface area contributed by atoms with Gasteiger partial charge in [0.1, 0.15) is 42.6 Å². The molecule has 0 spiro atoms. The lowest BCUT2D eigenvalue weighted by atomic mass is 10.1. The molecule has 6 N–H and O–H groups in total. The van der Waals surface area contributed by atoms with E-state index < -0.39 is 86.8 Å². The van der Waals surface area contributed by atoms with Crippen LogP contribution in [-0.2, 0) is 23.1 Å². The van der Waals surface area contributed by atoms with Crippen LogP contribution in [-0.4, -0.2) is 89.6 Å². The number of aliphatic hydroxyl groups is 3. The summed E-state index contributed by atoms with van der Waals surface area (Å²) in [4.78, 5) is 52.5. The van der Waals surface area contributed by atoms with Gasteiger partial charge in [-0.1, -0.05) is 76.9 Å². The van der Waals surface area contributed by atoms with Crippen LogP contribution in [0.5, 0.6) is 0 Å². The Morgan fingerprint density at radius 2 is 1.62 bits per heavy atom. The van der Waals surface area contributed by atoms with Crippen LogP contribution in [0.2, 0.25) is 0 Å². The molecule has 2 saturated heterocycles. The lowest BCUT2D eigenvalue weighted by molar-refractivity contribution is -0.0614. The number of rotatable bonds is 25. The number of phosphoric acid groups is 1. The van der Waals surface area contributed by atoms with Gasteiger partial charge in [-0.3, -0.25) is 28.0 Å². The molecule has 0 saturated carbocycles. The maximum Gasteiger partial charge on any atom is 0.472 e. The second-order valence-electron chi connectivity index (χ2n) is 14.0. The number of H-pyrrole nitrogens is 1. The molecular formula is C36H57FN5O12P. The summed E-state index contributed by atoms with van der Waals surface area (Å²) in [6.45, 7) is 1.39. The summed E-state index contributed by atoms with van der Waals surface area (Å²) in [5.41, 5.74) is -3.01. The molecule has 0 aliphatic carbocycles. The summed E-state index contributed by atoms with van der Waals surface area (Å²) in [5, 5.41) is 34.0. The topological polar surface area (TPSA) is 237 Å². The number of aromatic nitrogens is 4.